The minimum Gasteiger partial charge on any atom is -0.451 e. The maximum absolute atomic E-state index is 11.9. The Labute approximate surface area is 145 Å². The number of hydrogen-bond acceptors (Lipinski definition) is 4. The number of benzene rings is 1. The Hall–Kier alpha value is -1.67. The van der Waals surface area contributed by atoms with Gasteiger partial charge in [0.15, 0.2) is 8.90 Å². The van der Waals surface area contributed by atoms with Crippen LogP contribution in [0, 0.1) is 3.77 Å². The Kier molecular flexibility index (Phi) is 4.58. The van der Waals surface area contributed by atoms with Crippen LogP contribution in [-0.4, -0.2) is 10.9 Å². The third kappa shape index (κ3) is 3.56. The third-order valence-corrected chi connectivity index (χ3v) is 4.60. The molecule has 22 heavy (non-hydrogen) atoms. The number of rotatable bonds is 4. The first kappa shape index (κ1) is 15.2. The molecule has 4 nitrogen and oxygen atoms in total. The number of halogens is 1. The molecule has 1 aromatic carbocycles. The molecule has 0 spiro atoms. The fraction of sp³-hybridized carbons (Fsp3) is 0.125. The number of aromatic nitrogens is 1. The van der Waals surface area contributed by atoms with E-state index in [-0.39, 0.29) is 5.91 Å². The maximum atomic E-state index is 11.9. The molecule has 0 aliphatic carbocycles. The van der Waals surface area contributed by atoms with E-state index in [2.05, 4.69) is 51.9 Å². The summed E-state index contributed by atoms with van der Waals surface area (Å²) in [6, 6.07) is 9.82. The van der Waals surface area contributed by atoms with E-state index in [1.54, 1.807) is 6.08 Å². The predicted octanol–water partition coefficient (Wildman–Crippen LogP) is 4.71. The molecule has 1 amide bonds. The molecule has 0 radical (unpaired) electrons. The number of amides is 1. The number of fused-ring (bicyclic) bond motifs is 1. The van der Waals surface area contributed by atoms with Crippen molar-refractivity contribution in [2.45, 2.75) is 13.3 Å². The summed E-state index contributed by atoms with van der Waals surface area (Å²) in [5.74, 6) is 0.428. The van der Waals surface area contributed by atoms with E-state index < -0.39 is 0 Å². The molecule has 3 aromatic rings. The minimum atomic E-state index is -0.221. The van der Waals surface area contributed by atoms with Crippen LogP contribution in [0.3, 0.4) is 0 Å². The summed E-state index contributed by atoms with van der Waals surface area (Å²) in [5.41, 5.74) is 2.17. The SMILES string of the molecule is CCc1ccc2nc(NC(=O)/C=C/c3ccc(I)o3)sc2c1. The summed E-state index contributed by atoms with van der Waals surface area (Å²) in [4.78, 5) is 16.3. The summed E-state index contributed by atoms with van der Waals surface area (Å²) < 4.78 is 7.23. The van der Waals surface area contributed by atoms with Crippen LogP contribution in [0.25, 0.3) is 16.3 Å². The first-order valence-electron chi connectivity index (χ1n) is 6.78. The van der Waals surface area contributed by atoms with Gasteiger partial charge in [0.05, 0.1) is 10.2 Å². The zero-order valence-electron chi connectivity index (χ0n) is 11.8. The molecule has 0 bridgehead atoms. The van der Waals surface area contributed by atoms with Crippen LogP contribution in [0.5, 0.6) is 0 Å². The van der Waals surface area contributed by atoms with Crippen LogP contribution >= 0.6 is 33.9 Å². The predicted molar refractivity (Wildman–Crippen MR) is 98.1 cm³/mol. The second kappa shape index (κ2) is 6.62. The molecular formula is C16H13IN2O2S. The molecule has 0 saturated carbocycles. The fourth-order valence-corrected chi connectivity index (χ4v) is 3.33. The lowest BCUT2D eigenvalue weighted by atomic mass is 10.2. The fourth-order valence-electron chi connectivity index (χ4n) is 1.97. The molecular weight excluding hydrogens is 411 g/mol. The summed E-state index contributed by atoms with van der Waals surface area (Å²) >= 11 is 3.56. The van der Waals surface area contributed by atoms with Crippen LogP contribution < -0.4 is 5.32 Å². The van der Waals surface area contributed by atoms with Crippen molar-refractivity contribution in [1.29, 1.82) is 0 Å². The van der Waals surface area contributed by atoms with Crippen LogP contribution in [0.2, 0.25) is 0 Å². The smallest absolute Gasteiger partial charge is 0.250 e. The molecule has 0 aliphatic rings. The molecule has 6 heteroatoms. The molecule has 0 unspecified atom stereocenters. The molecule has 3 rings (SSSR count). The van der Waals surface area contributed by atoms with E-state index in [1.807, 2.05) is 18.2 Å². The molecule has 0 atom stereocenters. The van der Waals surface area contributed by atoms with Crippen LogP contribution in [0.1, 0.15) is 18.2 Å². The van der Waals surface area contributed by atoms with E-state index in [0.717, 1.165) is 20.4 Å². The van der Waals surface area contributed by atoms with Gasteiger partial charge in [-0.05, 0) is 64.9 Å². The third-order valence-electron chi connectivity index (χ3n) is 3.08. The quantitative estimate of drug-likeness (QED) is 0.488. The van der Waals surface area contributed by atoms with Gasteiger partial charge in [-0.1, -0.05) is 24.3 Å². The minimum absolute atomic E-state index is 0.221. The lowest BCUT2D eigenvalue weighted by molar-refractivity contribution is -0.111. The highest BCUT2D eigenvalue weighted by atomic mass is 127. The van der Waals surface area contributed by atoms with Crippen LogP contribution in [-0.2, 0) is 11.2 Å². The van der Waals surface area contributed by atoms with E-state index in [4.69, 9.17) is 4.42 Å². The maximum Gasteiger partial charge on any atom is 0.250 e. The van der Waals surface area contributed by atoms with Gasteiger partial charge in [0.2, 0.25) is 5.91 Å². The number of nitrogens with one attached hydrogen (secondary N) is 1. The van der Waals surface area contributed by atoms with Crippen LogP contribution in [0.15, 0.2) is 40.8 Å². The average molecular weight is 424 g/mol. The van der Waals surface area contributed by atoms with Gasteiger partial charge in [-0.15, -0.1) is 0 Å². The molecule has 112 valence electrons. The zero-order chi connectivity index (χ0) is 15.5. The van der Waals surface area contributed by atoms with Gasteiger partial charge in [-0.25, -0.2) is 4.98 Å². The summed E-state index contributed by atoms with van der Waals surface area (Å²) in [5, 5.41) is 3.39. The van der Waals surface area contributed by atoms with Gasteiger partial charge in [0.25, 0.3) is 0 Å². The summed E-state index contributed by atoms with van der Waals surface area (Å²) in [6.07, 6.45) is 4.07. The Bertz CT molecular complexity index is 851. The van der Waals surface area contributed by atoms with E-state index >= 15 is 0 Å². The van der Waals surface area contributed by atoms with Gasteiger partial charge in [0.1, 0.15) is 5.76 Å². The van der Waals surface area contributed by atoms with Gasteiger partial charge < -0.3 is 4.42 Å². The van der Waals surface area contributed by atoms with Crippen molar-refractivity contribution >= 4 is 61.3 Å². The Morgan fingerprint density at radius 1 is 1.41 bits per heavy atom. The highest BCUT2D eigenvalue weighted by Gasteiger charge is 2.06. The number of aryl methyl sites for hydroxylation is 1. The van der Waals surface area contributed by atoms with Crippen molar-refractivity contribution in [3.8, 4) is 0 Å². The van der Waals surface area contributed by atoms with Crippen molar-refractivity contribution in [3.05, 3.63) is 51.5 Å². The average Bonchev–Trinajstić information content (AvgIpc) is 3.09. The van der Waals surface area contributed by atoms with Crippen molar-refractivity contribution in [2.24, 2.45) is 0 Å². The molecule has 2 heterocycles. The van der Waals surface area contributed by atoms with E-state index in [1.165, 1.54) is 23.0 Å². The zero-order valence-corrected chi connectivity index (χ0v) is 14.8. The topological polar surface area (TPSA) is 55.1 Å². The molecule has 0 fully saturated rings. The number of carbonyl (C=O) groups excluding carboxylic acids is 1. The van der Waals surface area contributed by atoms with Gasteiger partial charge in [-0.3, -0.25) is 10.1 Å². The highest BCUT2D eigenvalue weighted by Crippen LogP contribution is 2.27. The van der Waals surface area contributed by atoms with Gasteiger partial charge in [-0.2, -0.15) is 0 Å². The normalized spacial score (nSPS) is 11.4. The highest BCUT2D eigenvalue weighted by molar-refractivity contribution is 14.1. The Balaban J connectivity index is 1.72. The summed E-state index contributed by atoms with van der Waals surface area (Å²) in [6.45, 7) is 2.12. The molecule has 0 saturated heterocycles. The van der Waals surface area contributed by atoms with E-state index in [9.17, 15) is 4.79 Å². The Morgan fingerprint density at radius 2 is 2.27 bits per heavy atom. The number of anilines is 1. The number of hydrogen-bond donors (Lipinski definition) is 1. The van der Waals surface area contributed by atoms with Crippen LogP contribution in [0.4, 0.5) is 5.13 Å². The number of furan rings is 1. The first-order chi connectivity index (χ1) is 10.6. The van der Waals surface area contributed by atoms with Crippen molar-refractivity contribution in [2.75, 3.05) is 5.32 Å². The number of carbonyl (C=O) groups is 1. The lowest BCUT2D eigenvalue weighted by Crippen LogP contribution is -2.07. The lowest BCUT2D eigenvalue weighted by Gasteiger charge is -1.94. The number of nitrogens with zero attached hydrogens (tertiary/aromatic N) is 1. The van der Waals surface area contributed by atoms with Crippen molar-refractivity contribution in [3.63, 3.8) is 0 Å². The first-order valence-corrected chi connectivity index (χ1v) is 8.67. The standard InChI is InChI=1S/C16H13IN2O2S/c1-2-10-3-6-12-13(9-10)22-16(18-12)19-15(20)8-5-11-4-7-14(17)21-11/h3-9H,2H2,1H3,(H,18,19,20)/b8-5+. The van der Waals surface area contributed by atoms with Crippen molar-refractivity contribution in [1.82, 2.24) is 4.98 Å². The van der Waals surface area contributed by atoms with Gasteiger partial charge >= 0.3 is 0 Å². The largest absolute Gasteiger partial charge is 0.451 e. The summed E-state index contributed by atoms with van der Waals surface area (Å²) in [7, 11) is 0. The Morgan fingerprint density at radius 3 is 3.00 bits per heavy atom. The monoisotopic (exact) mass is 424 g/mol. The van der Waals surface area contributed by atoms with Crippen molar-refractivity contribution < 1.29 is 9.21 Å². The van der Waals surface area contributed by atoms with E-state index in [0.29, 0.717) is 10.9 Å². The van der Waals surface area contributed by atoms with Gasteiger partial charge in [0, 0.05) is 6.08 Å². The second-order valence-electron chi connectivity index (χ2n) is 4.64. The second-order valence-corrected chi connectivity index (χ2v) is 6.73. The molecule has 1 N–H and O–H groups in total. The molecule has 2 aromatic heterocycles. The number of thiazole rings is 1. The molecule has 0 aliphatic heterocycles.